The molecule has 0 radical (unpaired) electrons. The second-order valence-corrected chi connectivity index (χ2v) is 5.04. The van der Waals surface area contributed by atoms with Gasteiger partial charge in [0.25, 0.3) is 0 Å². The molecule has 1 unspecified atom stereocenters. The van der Waals surface area contributed by atoms with Gasteiger partial charge in [-0.15, -0.1) is 11.3 Å². The molecule has 0 aliphatic carbocycles. The van der Waals surface area contributed by atoms with Crippen molar-refractivity contribution in [2.75, 3.05) is 0 Å². The predicted molar refractivity (Wildman–Crippen MR) is 60.4 cm³/mol. The first-order chi connectivity index (χ1) is 7.09. The van der Waals surface area contributed by atoms with E-state index < -0.39 is 12.1 Å². The Morgan fingerprint density at radius 1 is 1.47 bits per heavy atom. The van der Waals surface area contributed by atoms with Crippen LogP contribution in [0.25, 0.3) is 0 Å². The fourth-order valence-corrected chi connectivity index (χ4v) is 2.35. The number of rotatable bonds is 6. The second kappa shape index (κ2) is 6.10. The van der Waals surface area contributed by atoms with Gasteiger partial charge in [-0.2, -0.15) is 0 Å². The van der Waals surface area contributed by atoms with Gasteiger partial charge >= 0.3 is 5.97 Å². The highest BCUT2D eigenvalue weighted by Gasteiger charge is 2.09. The molecule has 0 saturated carbocycles. The highest BCUT2D eigenvalue weighted by atomic mass is 35.5. The van der Waals surface area contributed by atoms with Crippen molar-refractivity contribution in [1.82, 2.24) is 0 Å². The Morgan fingerprint density at radius 2 is 2.20 bits per heavy atom. The molecule has 0 aromatic carbocycles. The zero-order chi connectivity index (χ0) is 11.3. The van der Waals surface area contributed by atoms with Gasteiger partial charge in [0.15, 0.2) is 0 Å². The number of carbonyl (C=O) groups is 1. The van der Waals surface area contributed by atoms with Crippen LogP contribution in [-0.4, -0.2) is 16.2 Å². The molecular formula is C10H13ClO3S. The Kier molecular flexibility index (Phi) is 5.08. The molecule has 0 fully saturated rings. The van der Waals surface area contributed by atoms with Crippen LogP contribution in [0.4, 0.5) is 0 Å². The molecule has 1 aromatic heterocycles. The standard InChI is InChI=1S/C10H13ClO3S/c11-9-6-5-8(15-9)7(12)3-1-2-4-10(13)14/h5-7,12H,1-4H2,(H,13,14). The fraction of sp³-hybridized carbons (Fsp3) is 0.500. The van der Waals surface area contributed by atoms with Crippen molar-refractivity contribution in [1.29, 1.82) is 0 Å². The average Bonchev–Trinajstić information content (AvgIpc) is 2.59. The largest absolute Gasteiger partial charge is 0.481 e. The molecule has 3 nitrogen and oxygen atoms in total. The van der Waals surface area contributed by atoms with Gasteiger partial charge in [-0.25, -0.2) is 0 Å². The van der Waals surface area contributed by atoms with E-state index in [0.29, 0.717) is 23.6 Å². The van der Waals surface area contributed by atoms with Crippen LogP contribution in [0.2, 0.25) is 4.34 Å². The minimum atomic E-state index is -0.788. The first-order valence-electron chi connectivity index (χ1n) is 4.74. The summed E-state index contributed by atoms with van der Waals surface area (Å²) in [5.74, 6) is -0.788. The maximum Gasteiger partial charge on any atom is 0.303 e. The van der Waals surface area contributed by atoms with E-state index in [1.807, 2.05) is 0 Å². The summed E-state index contributed by atoms with van der Waals surface area (Å²) in [4.78, 5) is 11.1. The summed E-state index contributed by atoms with van der Waals surface area (Å²) in [6.07, 6.45) is 1.55. The molecule has 0 bridgehead atoms. The van der Waals surface area contributed by atoms with Gasteiger partial charge in [0.1, 0.15) is 0 Å². The van der Waals surface area contributed by atoms with Gasteiger partial charge in [0.05, 0.1) is 10.4 Å². The molecular weight excluding hydrogens is 236 g/mol. The maximum atomic E-state index is 10.2. The monoisotopic (exact) mass is 248 g/mol. The summed E-state index contributed by atoms with van der Waals surface area (Å²) in [5, 5.41) is 18.1. The van der Waals surface area contributed by atoms with Crippen LogP contribution < -0.4 is 0 Å². The third-order valence-electron chi connectivity index (χ3n) is 2.04. The van der Waals surface area contributed by atoms with E-state index >= 15 is 0 Å². The minimum Gasteiger partial charge on any atom is -0.481 e. The average molecular weight is 249 g/mol. The van der Waals surface area contributed by atoms with Gasteiger partial charge in [0, 0.05) is 11.3 Å². The SMILES string of the molecule is O=C(O)CCCCC(O)c1ccc(Cl)s1. The van der Waals surface area contributed by atoms with Gasteiger partial charge in [-0.05, 0) is 31.4 Å². The number of carboxylic acid groups (broad SMARTS) is 1. The molecule has 0 amide bonds. The first-order valence-corrected chi connectivity index (χ1v) is 5.94. The van der Waals surface area contributed by atoms with Crippen LogP contribution in [0.15, 0.2) is 12.1 Å². The van der Waals surface area contributed by atoms with Crippen LogP contribution in [0.1, 0.15) is 36.7 Å². The molecule has 0 spiro atoms. The predicted octanol–water partition coefficient (Wildman–Crippen LogP) is 3.08. The number of aliphatic carboxylic acids is 1. The number of halogens is 1. The number of thiophene rings is 1. The highest BCUT2D eigenvalue weighted by molar-refractivity contribution is 7.16. The lowest BCUT2D eigenvalue weighted by Crippen LogP contribution is -1.97. The summed E-state index contributed by atoms with van der Waals surface area (Å²) in [7, 11) is 0. The molecule has 15 heavy (non-hydrogen) atoms. The smallest absolute Gasteiger partial charge is 0.303 e. The van der Waals surface area contributed by atoms with E-state index in [9.17, 15) is 9.90 Å². The molecule has 0 aliphatic rings. The number of unbranched alkanes of at least 4 members (excludes halogenated alkanes) is 1. The number of hydrogen-bond donors (Lipinski definition) is 2. The Labute approximate surface area is 97.3 Å². The highest BCUT2D eigenvalue weighted by Crippen LogP contribution is 2.29. The van der Waals surface area contributed by atoms with Crippen LogP contribution in [-0.2, 0) is 4.79 Å². The van der Waals surface area contributed by atoms with Crippen molar-refractivity contribution < 1.29 is 15.0 Å². The summed E-state index contributed by atoms with van der Waals surface area (Å²) >= 11 is 7.10. The Hall–Kier alpha value is -0.580. The lowest BCUT2D eigenvalue weighted by atomic mass is 10.1. The van der Waals surface area contributed by atoms with Gasteiger partial charge < -0.3 is 10.2 Å². The summed E-state index contributed by atoms with van der Waals surface area (Å²) in [6, 6.07) is 3.55. The van der Waals surface area contributed by atoms with E-state index in [4.69, 9.17) is 16.7 Å². The topological polar surface area (TPSA) is 57.5 Å². The van der Waals surface area contributed by atoms with Crippen LogP contribution in [0, 0.1) is 0 Å². The van der Waals surface area contributed by atoms with Crippen LogP contribution in [0.3, 0.4) is 0 Å². The summed E-state index contributed by atoms with van der Waals surface area (Å²) in [5.41, 5.74) is 0. The number of aliphatic hydroxyl groups excluding tert-OH is 1. The fourth-order valence-electron chi connectivity index (χ4n) is 1.26. The van der Waals surface area contributed by atoms with Crippen molar-refractivity contribution >= 4 is 28.9 Å². The van der Waals surface area contributed by atoms with E-state index in [2.05, 4.69) is 0 Å². The Balaban J connectivity index is 2.24. The lowest BCUT2D eigenvalue weighted by Gasteiger charge is -2.06. The number of hydrogen-bond acceptors (Lipinski definition) is 3. The molecule has 1 aromatic rings. The lowest BCUT2D eigenvalue weighted by molar-refractivity contribution is -0.137. The molecule has 1 heterocycles. The quantitative estimate of drug-likeness (QED) is 0.761. The zero-order valence-corrected chi connectivity index (χ0v) is 9.72. The molecule has 1 rings (SSSR count). The van der Waals surface area contributed by atoms with E-state index in [-0.39, 0.29) is 6.42 Å². The Morgan fingerprint density at radius 3 is 2.73 bits per heavy atom. The molecule has 5 heteroatoms. The molecule has 1 atom stereocenters. The second-order valence-electron chi connectivity index (χ2n) is 3.30. The molecule has 2 N–H and O–H groups in total. The molecule has 84 valence electrons. The molecule has 0 aliphatic heterocycles. The van der Waals surface area contributed by atoms with Crippen molar-refractivity contribution in [3.8, 4) is 0 Å². The zero-order valence-electron chi connectivity index (χ0n) is 8.15. The van der Waals surface area contributed by atoms with Crippen LogP contribution in [0.5, 0.6) is 0 Å². The third kappa shape index (κ3) is 4.64. The number of aliphatic hydroxyl groups is 1. The van der Waals surface area contributed by atoms with E-state index in [1.54, 1.807) is 12.1 Å². The van der Waals surface area contributed by atoms with Gasteiger partial charge in [-0.3, -0.25) is 4.79 Å². The summed E-state index contributed by atoms with van der Waals surface area (Å²) in [6.45, 7) is 0. The van der Waals surface area contributed by atoms with Gasteiger partial charge in [0.2, 0.25) is 0 Å². The van der Waals surface area contributed by atoms with Crippen molar-refractivity contribution in [3.05, 3.63) is 21.3 Å². The first kappa shape index (κ1) is 12.5. The van der Waals surface area contributed by atoms with Crippen molar-refractivity contribution in [2.45, 2.75) is 31.8 Å². The van der Waals surface area contributed by atoms with Crippen molar-refractivity contribution in [2.24, 2.45) is 0 Å². The van der Waals surface area contributed by atoms with Gasteiger partial charge in [-0.1, -0.05) is 11.6 Å². The maximum absolute atomic E-state index is 10.2. The summed E-state index contributed by atoms with van der Waals surface area (Å²) < 4.78 is 0.662. The van der Waals surface area contributed by atoms with Crippen molar-refractivity contribution in [3.63, 3.8) is 0 Å². The Bertz CT molecular complexity index is 324. The normalized spacial score (nSPS) is 12.7. The minimum absolute atomic E-state index is 0.165. The third-order valence-corrected chi connectivity index (χ3v) is 3.37. The van der Waals surface area contributed by atoms with E-state index in [0.717, 1.165) is 4.88 Å². The molecule has 0 saturated heterocycles. The van der Waals surface area contributed by atoms with E-state index in [1.165, 1.54) is 11.3 Å². The number of carboxylic acids is 1. The van der Waals surface area contributed by atoms with Crippen LogP contribution >= 0.6 is 22.9 Å².